The van der Waals surface area contributed by atoms with E-state index in [-0.39, 0.29) is 24.0 Å². The van der Waals surface area contributed by atoms with Crippen LogP contribution in [0, 0.1) is 0 Å². The van der Waals surface area contributed by atoms with Gasteiger partial charge in [0.05, 0.1) is 0 Å². The molecule has 0 unspecified atom stereocenters. The lowest BCUT2D eigenvalue weighted by Crippen LogP contribution is -2.37. The molecule has 25 heavy (non-hydrogen) atoms. The SMILES string of the molecule is CN=C(NCCc1ccccn1)NCc1ccc(CN(C)C)cc1.I. The minimum Gasteiger partial charge on any atom is -0.356 e. The summed E-state index contributed by atoms with van der Waals surface area (Å²) < 4.78 is 0. The minimum absolute atomic E-state index is 0. The summed E-state index contributed by atoms with van der Waals surface area (Å²) in [4.78, 5) is 10.7. The van der Waals surface area contributed by atoms with E-state index in [1.165, 1.54) is 11.1 Å². The van der Waals surface area contributed by atoms with E-state index in [0.717, 1.165) is 37.7 Å². The Morgan fingerprint density at radius 3 is 2.36 bits per heavy atom. The summed E-state index contributed by atoms with van der Waals surface area (Å²) in [5, 5.41) is 6.66. The molecule has 5 nitrogen and oxygen atoms in total. The average molecular weight is 453 g/mol. The van der Waals surface area contributed by atoms with Gasteiger partial charge in [0.25, 0.3) is 0 Å². The van der Waals surface area contributed by atoms with Gasteiger partial charge in [-0.15, -0.1) is 24.0 Å². The Hall–Kier alpha value is -1.67. The van der Waals surface area contributed by atoms with E-state index < -0.39 is 0 Å². The number of nitrogens with one attached hydrogen (secondary N) is 2. The maximum Gasteiger partial charge on any atom is 0.191 e. The molecule has 0 atom stereocenters. The molecule has 2 rings (SSSR count). The molecule has 1 aromatic heterocycles. The first-order chi connectivity index (χ1) is 11.7. The fraction of sp³-hybridized carbons (Fsp3) is 0.368. The van der Waals surface area contributed by atoms with Crippen molar-refractivity contribution in [1.82, 2.24) is 20.5 Å². The van der Waals surface area contributed by atoms with E-state index in [1.54, 1.807) is 7.05 Å². The molecular weight excluding hydrogens is 425 g/mol. The molecule has 0 aliphatic carbocycles. The van der Waals surface area contributed by atoms with Crippen LogP contribution >= 0.6 is 24.0 Å². The maximum atomic E-state index is 4.32. The lowest BCUT2D eigenvalue weighted by Gasteiger charge is -2.13. The highest BCUT2D eigenvalue weighted by Crippen LogP contribution is 2.06. The lowest BCUT2D eigenvalue weighted by molar-refractivity contribution is 0.402. The number of hydrogen-bond acceptors (Lipinski definition) is 3. The van der Waals surface area contributed by atoms with Crippen LogP contribution in [0.1, 0.15) is 16.8 Å². The zero-order chi connectivity index (χ0) is 17.2. The van der Waals surface area contributed by atoms with Gasteiger partial charge in [0.2, 0.25) is 0 Å². The summed E-state index contributed by atoms with van der Waals surface area (Å²) in [5.41, 5.74) is 3.64. The van der Waals surface area contributed by atoms with E-state index in [1.807, 2.05) is 24.4 Å². The number of aliphatic imine (C=N–C) groups is 1. The van der Waals surface area contributed by atoms with Gasteiger partial charge in [0.1, 0.15) is 0 Å². The van der Waals surface area contributed by atoms with Crippen LogP contribution in [0.5, 0.6) is 0 Å². The Labute approximate surface area is 168 Å². The van der Waals surface area contributed by atoms with Gasteiger partial charge in [-0.05, 0) is 37.4 Å². The van der Waals surface area contributed by atoms with Gasteiger partial charge in [0.15, 0.2) is 5.96 Å². The van der Waals surface area contributed by atoms with Crippen molar-refractivity contribution in [3.8, 4) is 0 Å². The molecule has 1 heterocycles. The molecule has 0 spiro atoms. The fourth-order valence-corrected chi connectivity index (χ4v) is 2.39. The van der Waals surface area contributed by atoms with E-state index in [2.05, 4.69) is 63.9 Å². The Morgan fingerprint density at radius 1 is 1.04 bits per heavy atom. The second-order valence-corrected chi connectivity index (χ2v) is 5.98. The van der Waals surface area contributed by atoms with Crippen LogP contribution in [0.25, 0.3) is 0 Å². The third-order valence-electron chi connectivity index (χ3n) is 3.61. The highest BCUT2D eigenvalue weighted by molar-refractivity contribution is 14.0. The first-order valence-electron chi connectivity index (χ1n) is 8.24. The van der Waals surface area contributed by atoms with Crippen molar-refractivity contribution in [2.45, 2.75) is 19.5 Å². The molecule has 2 aromatic rings. The summed E-state index contributed by atoms with van der Waals surface area (Å²) in [7, 11) is 5.95. The van der Waals surface area contributed by atoms with Crippen LogP contribution in [-0.2, 0) is 19.5 Å². The van der Waals surface area contributed by atoms with Crippen LogP contribution in [-0.4, -0.2) is 43.5 Å². The molecule has 0 amide bonds. The number of hydrogen-bond donors (Lipinski definition) is 2. The zero-order valence-corrected chi connectivity index (χ0v) is 17.5. The Bertz CT molecular complexity index is 626. The number of aromatic nitrogens is 1. The lowest BCUT2D eigenvalue weighted by atomic mass is 10.1. The summed E-state index contributed by atoms with van der Waals surface area (Å²) in [6.07, 6.45) is 2.70. The highest BCUT2D eigenvalue weighted by Gasteiger charge is 2.00. The van der Waals surface area contributed by atoms with Gasteiger partial charge in [-0.25, -0.2) is 0 Å². The Morgan fingerprint density at radius 2 is 1.76 bits per heavy atom. The van der Waals surface area contributed by atoms with Crippen molar-refractivity contribution in [2.75, 3.05) is 27.7 Å². The summed E-state index contributed by atoms with van der Waals surface area (Å²) in [6.45, 7) is 2.52. The van der Waals surface area contributed by atoms with Crippen molar-refractivity contribution in [2.24, 2.45) is 4.99 Å². The molecule has 0 aliphatic heterocycles. The number of halogens is 1. The van der Waals surface area contributed by atoms with Crippen molar-refractivity contribution in [3.63, 3.8) is 0 Å². The third kappa shape index (κ3) is 8.31. The first kappa shape index (κ1) is 21.4. The fourth-order valence-electron chi connectivity index (χ4n) is 2.39. The number of pyridine rings is 1. The molecule has 0 bridgehead atoms. The van der Waals surface area contributed by atoms with E-state index >= 15 is 0 Å². The van der Waals surface area contributed by atoms with Gasteiger partial charge in [0, 0.05) is 45.0 Å². The van der Waals surface area contributed by atoms with Crippen LogP contribution in [0.15, 0.2) is 53.7 Å². The normalized spacial score (nSPS) is 11.1. The molecule has 0 fully saturated rings. The molecular formula is C19H28IN5. The number of guanidine groups is 1. The minimum atomic E-state index is 0. The number of nitrogens with zero attached hydrogens (tertiary/aromatic N) is 3. The largest absolute Gasteiger partial charge is 0.356 e. The van der Waals surface area contributed by atoms with Crippen molar-refractivity contribution in [1.29, 1.82) is 0 Å². The molecule has 136 valence electrons. The van der Waals surface area contributed by atoms with Gasteiger partial charge in [-0.3, -0.25) is 9.98 Å². The predicted octanol–water partition coefficient (Wildman–Crippen LogP) is 2.67. The maximum absolute atomic E-state index is 4.32. The zero-order valence-electron chi connectivity index (χ0n) is 15.2. The van der Waals surface area contributed by atoms with Crippen molar-refractivity contribution < 1.29 is 0 Å². The standard InChI is InChI=1S/C19H27N5.HI/c1-20-19(22-13-11-18-6-4-5-12-21-18)23-14-16-7-9-17(10-8-16)15-24(2)3;/h4-10,12H,11,13-15H2,1-3H3,(H2,20,22,23);1H. The molecule has 0 radical (unpaired) electrons. The van der Waals surface area contributed by atoms with Gasteiger partial charge >= 0.3 is 0 Å². The summed E-state index contributed by atoms with van der Waals surface area (Å²) in [6, 6.07) is 14.6. The third-order valence-corrected chi connectivity index (χ3v) is 3.61. The summed E-state index contributed by atoms with van der Waals surface area (Å²) in [5.74, 6) is 0.809. The second kappa shape index (κ2) is 11.8. The van der Waals surface area contributed by atoms with Crippen LogP contribution in [0.3, 0.4) is 0 Å². The smallest absolute Gasteiger partial charge is 0.191 e. The highest BCUT2D eigenvalue weighted by atomic mass is 127. The van der Waals surface area contributed by atoms with Crippen molar-refractivity contribution >= 4 is 29.9 Å². The molecule has 1 aromatic carbocycles. The molecule has 0 saturated carbocycles. The average Bonchev–Trinajstić information content (AvgIpc) is 2.59. The molecule has 0 saturated heterocycles. The van der Waals surface area contributed by atoms with Crippen LogP contribution < -0.4 is 10.6 Å². The first-order valence-corrected chi connectivity index (χ1v) is 8.24. The van der Waals surface area contributed by atoms with Gasteiger partial charge < -0.3 is 15.5 Å². The quantitative estimate of drug-likeness (QED) is 0.385. The predicted molar refractivity (Wildman–Crippen MR) is 115 cm³/mol. The monoisotopic (exact) mass is 453 g/mol. The topological polar surface area (TPSA) is 52.6 Å². The Balaban J connectivity index is 0.00000312. The Kier molecular flexibility index (Phi) is 10.1. The van der Waals surface area contributed by atoms with Crippen molar-refractivity contribution in [3.05, 3.63) is 65.5 Å². The van der Waals surface area contributed by atoms with E-state index in [4.69, 9.17) is 0 Å². The number of rotatable bonds is 7. The van der Waals surface area contributed by atoms with Gasteiger partial charge in [-0.1, -0.05) is 30.3 Å². The number of benzene rings is 1. The van der Waals surface area contributed by atoms with Crippen LogP contribution in [0.2, 0.25) is 0 Å². The van der Waals surface area contributed by atoms with Gasteiger partial charge in [-0.2, -0.15) is 0 Å². The van der Waals surface area contributed by atoms with Crippen LogP contribution in [0.4, 0.5) is 0 Å². The molecule has 2 N–H and O–H groups in total. The van der Waals surface area contributed by atoms with E-state index in [0.29, 0.717) is 0 Å². The second-order valence-electron chi connectivity index (χ2n) is 5.98. The molecule has 0 aliphatic rings. The summed E-state index contributed by atoms with van der Waals surface area (Å²) >= 11 is 0. The van der Waals surface area contributed by atoms with E-state index in [9.17, 15) is 0 Å². The molecule has 6 heteroatoms.